The van der Waals surface area contributed by atoms with Gasteiger partial charge in [0.25, 0.3) is 0 Å². The maximum Gasteiger partial charge on any atom is 0.313 e. The molecule has 0 fully saturated rings. The van der Waals surface area contributed by atoms with E-state index >= 15 is 0 Å². The molecule has 0 aliphatic heterocycles. The van der Waals surface area contributed by atoms with Crippen LogP contribution in [0.1, 0.15) is 11.1 Å². The molecule has 0 aliphatic carbocycles. The summed E-state index contributed by atoms with van der Waals surface area (Å²) in [7, 11) is 1.49. The van der Waals surface area contributed by atoms with Gasteiger partial charge < -0.3 is 15.8 Å². The van der Waals surface area contributed by atoms with Gasteiger partial charge in [-0.05, 0) is 37.1 Å². The third-order valence-corrected chi connectivity index (χ3v) is 2.29. The molecule has 0 heterocycles. The van der Waals surface area contributed by atoms with Crippen molar-refractivity contribution < 1.29 is 14.3 Å². The van der Waals surface area contributed by atoms with Crippen molar-refractivity contribution in [3.05, 3.63) is 23.3 Å². The molecular weight excluding hydrogens is 208 g/mol. The number of anilines is 1. The van der Waals surface area contributed by atoms with Crippen molar-refractivity contribution in [1.29, 1.82) is 0 Å². The van der Waals surface area contributed by atoms with Crippen molar-refractivity contribution in [2.24, 2.45) is 5.73 Å². The molecule has 3 N–H and O–H groups in total. The lowest BCUT2D eigenvalue weighted by atomic mass is 10.1. The highest BCUT2D eigenvalue weighted by atomic mass is 16.5. The van der Waals surface area contributed by atoms with E-state index in [-0.39, 0.29) is 0 Å². The summed E-state index contributed by atoms with van der Waals surface area (Å²) in [5, 5.41) is 2.39. The van der Waals surface area contributed by atoms with E-state index in [4.69, 9.17) is 10.5 Å². The average molecular weight is 222 g/mol. The lowest BCUT2D eigenvalue weighted by Gasteiger charge is -2.11. The quantitative estimate of drug-likeness (QED) is 0.724. The summed E-state index contributed by atoms with van der Waals surface area (Å²) in [4.78, 5) is 21.8. The smallest absolute Gasteiger partial charge is 0.313 e. The Morgan fingerprint density at radius 2 is 1.81 bits per heavy atom. The molecule has 0 saturated heterocycles. The zero-order valence-corrected chi connectivity index (χ0v) is 9.46. The minimum atomic E-state index is -1.03. The van der Waals surface area contributed by atoms with Crippen LogP contribution in [-0.4, -0.2) is 18.9 Å². The number of carbonyl (C=O) groups excluding carboxylic acids is 2. The van der Waals surface area contributed by atoms with Crippen LogP contribution < -0.4 is 15.8 Å². The number of rotatable bonds is 2. The van der Waals surface area contributed by atoms with E-state index < -0.39 is 11.8 Å². The minimum absolute atomic E-state index is 0.439. The number of benzene rings is 1. The van der Waals surface area contributed by atoms with Crippen molar-refractivity contribution in [2.75, 3.05) is 12.4 Å². The van der Waals surface area contributed by atoms with Crippen LogP contribution in [0.25, 0.3) is 0 Å². The predicted octanol–water partition coefficient (Wildman–Crippen LogP) is 0.736. The fourth-order valence-electron chi connectivity index (χ4n) is 1.24. The first-order valence-electron chi connectivity index (χ1n) is 4.71. The van der Waals surface area contributed by atoms with Gasteiger partial charge in [-0.25, -0.2) is 0 Å². The van der Waals surface area contributed by atoms with Crippen LogP contribution in [-0.2, 0) is 9.59 Å². The van der Waals surface area contributed by atoms with Crippen LogP contribution in [0.4, 0.5) is 5.69 Å². The molecule has 1 aromatic rings. The van der Waals surface area contributed by atoms with Gasteiger partial charge in [-0.1, -0.05) is 0 Å². The number of nitrogens with two attached hydrogens (primary N) is 1. The van der Waals surface area contributed by atoms with E-state index in [1.54, 1.807) is 12.1 Å². The zero-order valence-electron chi connectivity index (χ0n) is 9.46. The highest BCUT2D eigenvalue weighted by molar-refractivity contribution is 6.39. The van der Waals surface area contributed by atoms with E-state index in [1.807, 2.05) is 13.8 Å². The second-order valence-corrected chi connectivity index (χ2v) is 3.46. The number of amides is 2. The maximum atomic E-state index is 11.1. The van der Waals surface area contributed by atoms with E-state index in [1.165, 1.54) is 7.11 Å². The van der Waals surface area contributed by atoms with Crippen molar-refractivity contribution in [3.63, 3.8) is 0 Å². The highest BCUT2D eigenvalue weighted by Crippen LogP contribution is 2.27. The fraction of sp³-hybridized carbons (Fsp3) is 0.273. The molecule has 0 saturated carbocycles. The van der Waals surface area contributed by atoms with Crippen LogP contribution in [0.5, 0.6) is 5.75 Å². The topological polar surface area (TPSA) is 81.4 Å². The lowest BCUT2D eigenvalue weighted by molar-refractivity contribution is -0.134. The molecule has 0 atom stereocenters. The number of carbonyl (C=O) groups is 2. The highest BCUT2D eigenvalue weighted by Gasteiger charge is 2.13. The number of ether oxygens (including phenoxy) is 1. The van der Waals surface area contributed by atoms with Crippen molar-refractivity contribution in [1.82, 2.24) is 0 Å². The number of methoxy groups -OCH3 is 1. The number of primary amides is 1. The first-order valence-corrected chi connectivity index (χ1v) is 4.71. The summed E-state index contributed by atoms with van der Waals surface area (Å²) in [6.07, 6.45) is 0. The SMILES string of the molecule is COc1cc(C)c(C)cc1NC(=O)C(N)=O. The molecule has 0 aliphatic rings. The van der Waals surface area contributed by atoms with Crippen LogP contribution in [0.2, 0.25) is 0 Å². The Kier molecular flexibility index (Phi) is 3.50. The molecule has 0 unspecified atom stereocenters. The van der Waals surface area contributed by atoms with Gasteiger partial charge in [-0.2, -0.15) is 0 Å². The van der Waals surface area contributed by atoms with Gasteiger partial charge in [-0.15, -0.1) is 0 Å². The molecule has 1 rings (SSSR count). The Morgan fingerprint density at radius 1 is 1.25 bits per heavy atom. The molecule has 5 nitrogen and oxygen atoms in total. The first kappa shape index (κ1) is 12.0. The van der Waals surface area contributed by atoms with Gasteiger partial charge in [0, 0.05) is 0 Å². The molecule has 0 aromatic heterocycles. The monoisotopic (exact) mass is 222 g/mol. The summed E-state index contributed by atoms with van der Waals surface area (Å²) < 4.78 is 5.09. The average Bonchev–Trinajstić information content (AvgIpc) is 2.22. The third kappa shape index (κ3) is 2.50. The summed E-state index contributed by atoms with van der Waals surface area (Å²) in [5.74, 6) is -1.39. The Morgan fingerprint density at radius 3 is 2.31 bits per heavy atom. The van der Waals surface area contributed by atoms with Crippen molar-refractivity contribution >= 4 is 17.5 Å². The standard InChI is InChI=1S/C11H14N2O3/c1-6-4-8(13-11(15)10(12)14)9(16-3)5-7(6)2/h4-5H,1-3H3,(H2,12,14)(H,13,15). The summed E-state index contributed by atoms with van der Waals surface area (Å²) in [6, 6.07) is 3.51. The zero-order chi connectivity index (χ0) is 12.3. The summed E-state index contributed by atoms with van der Waals surface area (Å²) in [5.41, 5.74) is 7.31. The fourth-order valence-corrected chi connectivity index (χ4v) is 1.24. The first-order chi connectivity index (χ1) is 7.45. The van der Waals surface area contributed by atoms with Crippen molar-refractivity contribution in [3.8, 4) is 5.75 Å². The number of hydrogen-bond acceptors (Lipinski definition) is 3. The van der Waals surface area contributed by atoms with Gasteiger partial charge in [-0.3, -0.25) is 9.59 Å². The Hall–Kier alpha value is -2.04. The van der Waals surface area contributed by atoms with Gasteiger partial charge in [0.15, 0.2) is 0 Å². The molecule has 0 radical (unpaired) electrons. The summed E-state index contributed by atoms with van der Waals surface area (Å²) >= 11 is 0. The normalized spacial score (nSPS) is 9.69. The molecule has 5 heteroatoms. The number of nitrogens with one attached hydrogen (secondary N) is 1. The van der Waals surface area contributed by atoms with E-state index in [0.717, 1.165) is 11.1 Å². The Balaban J connectivity index is 3.08. The van der Waals surface area contributed by atoms with Crippen molar-refractivity contribution in [2.45, 2.75) is 13.8 Å². The predicted molar refractivity (Wildman–Crippen MR) is 60.3 cm³/mol. The van der Waals surface area contributed by atoms with E-state index in [9.17, 15) is 9.59 Å². The lowest BCUT2D eigenvalue weighted by Crippen LogP contribution is -2.29. The van der Waals surface area contributed by atoms with Gasteiger partial charge in [0.1, 0.15) is 5.75 Å². The van der Waals surface area contributed by atoms with Crippen LogP contribution in [0, 0.1) is 13.8 Å². The summed E-state index contributed by atoms with van der Waals surface area (Å²) in [6.45, 7) is 3.83. The molecular formula is C11H14N2O3. The molecule has 16 heavy (non-hydrogen) atoms. The van der Waals surface area contributed by atoms with E-state index in [2.05, 4.69) is 5.32 Å². The second-order valence-electron chi connectivity index (χ2n) is 3.46. The Labute approximate surface area is 93.6 Å². The van der Waals surface area contributed by atoms with Crippen LogP contribution >= 0.6 is 0 Å². The molecule has 86 valence electrons. The molecule has 0 bridgehead atoms. The second kappa shape index (κ2) is 4.65. The van der Waals surface area contributed by atoms with Gasteiger partial charge in [0.05, 0.1) is 12.8 Å². The minimum Gasteiger partial charge on any atom is -0.495 e. The van der Waals surface area contributed by atoms with Crippen LogP contribution in [0.3, 0.4) is 0 Å². The van der Waals surface area contributed by atoms with E-state index in [0.29, 0.717) is 11.4 Å². The maximum absolute atomic E-state index is 11.1. The Bertz CT molecular complexity index is 441. The molecule has 0 spiro atoms. The molecule has 1 aromatic carbocycles. The largest absolute Gasteiger partial charge is 0.495 e. The number of aryl methyl sites for hydroxylation is 2. The van der Waals surface area contributed by atoms with Crippen LogP contribution in [0.15, 0.2) is 12.1 Å². The van der Waals surface area contributed by atoms with Gasteiger partial charge >= 0.3 is 11.8 Å². The number of hydrogen-bond donors (Lipinski definition) is 2. The molecule has 2 amide bonds. The van der Waals surface area contributed by atoms with Gasteiger partial charge in [0.2, 0.25) is 0 Å². The third-order valence-electron chi connectivity index (χ3n) is 2.29.